The van der Waals surface area contributed by atoms with Crippen LogP contribution < -0.4 is 5.73 Å². The Morgan fingerprint density at radius 1 is 1.43 bits per heavy atom. The quantitative estimate of drug-likeness (QED) is 0.665. The molecule has 0 radical (unpaired) electrons. The molecule has 1 aromatic heterocycles. The van der Waals surface area contributed by atoms with E-state index in [9.17, 15) is 14.3 Å². The third kappa shape index (κ3) is 1.10. The summed E-state index contributed by atoms with van der Waals surface area (Å²) in [5.74, 6) is -0.781. The van der Waals surface area contributed by atoms with Crippen LogP contribution in [0.5, 0.6) is 5.88 Å². The van der Waals surface area contributed by atoms with Gasteiger partial charge in [-0.2, -0.15) is 0 Å². The molecule has 0 aliphatic heterocycles. The van der Waals surface area contributed by atoms with Crippen LogP contribution in [0.25, 0.3) is 10.9 Å². The third-order valence-electron chi connectivity index (χ3n) is 1.97. The van der Waals surface area contributed by atoms with Crippen LogP contribution in [0.1, 0.15) is 0 Å². The number of rotatable bonds is 0. The summed E-state index contributed by atoms with van der Waals surface area (Å²) in [5, 5.41) is 9.89. The van der Waals surface area contributed by atoms with E-state index in [-0.39, 0.29) is 11.4 Å². The first-order valence-corrected chi connectivity index (χ1v) is 3.89. The van der Waals surface area contributed by atoms with Gasteiger partial charge in [0.1, 0.15) is 5.82 Å². The van der Waals surface area contributed by atoms with E-state index in [2.05, 4.69) is 0 Å². The van der Waals surface area contributed by atoms with Gasteiger partial charge in [-0.1, -0.05) is 0 Å². The molecule has 1 amide bonds. The van der Waals surface area contributed by atoms with E-state index in [1.165, 1.54) is 18.2 Å². The van der Waals surface area contributed by atoms with Gasteiger partial charge in [-0.15, -0.1) is 0 Å². The lowest BCUT2D eigenvalue weighted by molar-refractivity contribution is 0.248. The lowest BCUT2D eigenvalue weighted by Gasteiger charge is -1.99. The normalized spacial score (nSPS) is 10.6. The van der Waals surface area contributed by atoms with E-state index in [0.29, 0.717) is 5.39 Å². The van der Waals surface area contributed by atoms with Gasteiger partial charge in [0.2, 0.25) is 0 Å². The zero-order valence-corrected chi connectivity index (χ0v) is 7.07. The van der Waals surface area contributed by atoms with Crippen LogP contribution in [0.3, 0.4) is 0 Å². The Labute approximate surface area is 78.4 Å². The van der Waals surface area contributed by atoms with E-state index in [4.69, 9.17) is 5.73 Å². The van der Waals surface area contributed by atoms with Crippen molar-refractivity contribution >= 4 is 16.9 Å². The summed E-state index contributed by atoms with van der Waals surface area (Å²) < 4.78 is 13.7. The molecule has 0 unspecified atom stereocenters. The Hall–Kier alpha value is -2.04. The minimum absolute atomic E-state index is 0.259. The highest BCUT2D eigenvalue weighted by atomic mass is 19.1. The van der Waals surface area contributed by atoms with Crippen molar-refractivity contribution in [3.05, 3.63) is 30.1 Å². The SMILES string of the molecule is NC(=O)n1c(O)cc2ccc(F)cc21. The molecular formula is C9H7FN2O2. The lowest BCUT2D eigenvalue weighted by Crippen LogP contribution is -2.18. The van der Waals surface area contributed by atoms with Gasteiger partial charge in [0.05, 0.1) is 5.52 Å². The molecule has 1 aromatic carbocycles. The van der Waals surface area contributed by atoms with Crippen LogP contribution in [0, 0.1) is 5.82 Å². The Balaban J connectivity index is 2.86. The summed E-state index contributed by atoms with van der Waals surface area (Å²) in [6.45, 7) is 0. The van der Waals surface area contributed by atoms with E-state index in [0.717, 1.165) is 10.6 Å². The van der Waals surface area contributed by atoms with Crippen molar-refractivity contribution in [3.8, 4) is 5.88 Å². The maximum absolute atomic E-state index is 12.8. The number of nitrogens with two attached hydrogens (primary N) is 1. The number of amides is 1. The van der Waals surface area contributed by atoms with Crippen LogP contribution in [0.2, 0.25) is 0 Å². The van der Waals surface area contributed by atoms with E-state index in [1.54, 1.807) is 0 Å². The smallest absolute Gasteiger partial charge is 0.326 e. The van der Waals surface area contributed by atoms with Crippen LogP contribution >= 0.6 is 0 Å². The second-order valence-corrected chi connectivity index (χ2v) is 2.88. The van der Waals surface area contributed by atoms with Crippen molar-refractivity contribution < 1.29 is 14.3 Å². The van der Waals surface area contributed by atoms with Gasteiger partial charge < -0.3 is 10.8 Å². The number of carbonyl (C=O) groups excluding carboxylic acids is 1. The minimum atomic E-state index is -0.844. The fraction of sp³-hybridized carbons (Fsp3) is 0. The average molecular weight is 194 g/mol. The molecule has 0 saturated heterocycles. The van der Waals surface area contributed by atoms with Crippen molar-refractivity contribution in [3.63, 3.8) is 0 Å². The van der Waals surface area contributed by atoms with Crippen LogP contribution in [-0.4, -0.2) is 15.7 Å². The number of hydrogen-bond acceptors (Lipinski definition) is 2. The molecule has 0 atom stereocenters. The zero-order chi connectivity index (χ0) is 10.3. The standard InChI is InChI=1S/C9H7FN2O2/c10-6-2-1-5-3-8(13)12(9(11)14)7(5)4-6/h1-4,13H,(H2,11,14). The van der Waals surface area contributed by atoms with Gasteiger partial charge in [-0.05, 0) is 18.2 Å². The molecule has 0 saturated carbocycles. The summed E-state index contributed by atoms with van der Waals surface area (Å²) in [6.07, 6.45) is 0. The molecule has 4 nitrogen and oxygen atoms in total. The topological polar surface area (TPSA) is 68.2 Å². The molecule has 0 spiro atoms. The van der Waals surface area contributed by atoms with Gasteiger partial charge in [0.25, 0.3) is 0 Å². The lowest BCUT2D eigenvalue weighted by atomic mass is 10.2. The van der Waals surface area contributed by atoms with Gasteiger partial charge in [0, 0.05) is 11.5 Å². The first-order chi connectivity index (χ1) is 6.59. The molecule has 2 aromatic rings. The monoisotopic (exact) mass is 194 g/mol. The van der Waals surface area contributed by atoms with Crippen molar-refractivity contribution in [1.29, 1.82) is 0 Å². The Morgan fingerprint density at radius 3 is 2.79 bits per heavy atom. The minimum Gasteiger partial charge on any atom is -0.494 e. The van der Waals surface area contributed by atoms with Crippen LogP contribution in [0.15, 0.2) is 24.3 Å². The molecule has 0 aliphatic rings. The molecule has 0 bridgehead atoms. The second kappa shape index (κ2) is 2.73. The molecule has 2 rings (SSSR count). The highest BCUT2D eigenvalue weighted by molar-refractivity contribution is 5.93. The number of primary amides is 1. The second-order valence-electron chi connectivity index (χ2n) is 2.88. The van der Waals surface area contributed by atoms with E-state index in [1.807, 2.05) is 0 Å². The molecule has 1 heterocycles. The summed E-state index contributed by atoms with van der Waals surface area (Å²) in [5.41, 5.74) is 5.28. The first kappa shape index (κ1) is 8.55. The summed E-state index contributed by atoms with van der Waals surface area (Å²) in [4.78, 5) is 10.9. The first-order valence-electron chi connectivity index (χ1n) is 3.89. The van der Waals surface area contributed by atoms with Crippen molar-refractivity contribution in [1.82, 2.24) is 4.57 Å². The number of benzene rings is 1. The predicted octanol–water partition coefficient (Wildman–Crippen LogP) is 1.41. The fourth-order valence-corrected chi connectivity index (χ4v) is 1.39. The molecule has 72 valence electrons. The largest absolute Gasteiger partial charge is 0.494 e. The number of halogens is 1. The number of nitrogens with zero attached hydrogens (tertiary/aromatic N) is 1. The highest BCUT2D eigenvalue weighted by Gasteiger charge is 2.11. The van der Waals surface area contributed by atoms with Gasteiger partial charge in [0.15, 0.2) is 5.88 Å². The van der Waals surface area contributed by atoms with Crippen LogP contribution in [0.4, 0.5) is 9.18 Å². The maximum atomic E-state index is 12.8. The fourth-order valence-electron chi connectivity index (χ4n) is 1.39. The zero-order valence-electron chi connectivity index (χ0n) is 7.07. The van der Waals surface area contributed by atoms with Crippen LogP contribution in [-0.2, 0) is 0 Å². The van der Waals surface area contributed by atoms with Gasteiger partial charge in [-0.3, -0.25) is 0 Å². The molecule has 0 aliphatic carbocycles. The average Bonchev–Trinajstić information content (AvgIpc) is 2.40. The van der Waals surface area contributed by atoms with Crippen molar-refractivity contribution in [2.24, 2.45) is 5.73 Å². The Bertz CT molecular complexity index is 519. The Kier molecular flexibility index (Phi) is 1.67. The molecular weight excluding hydrogens is 187 g/mol. The number of hydrogen-bond donors (Lipinski definition) is 2. The summed E-state index contributed by atoms with van der Waals surface area (Å²) in [6, 6.07) is 4.35. The van der Waals surface area contributed by atoms with Gasteiger partial charge >= 0.3 is 6.03 Å². The van der Waals surface area contributed by atoms with Crippen molar-refractivity contribution in [2.45, 2.75) is 0 Å². The number of aromatic hydroxyl groups is 1. The number of fused-ring (bicyclic) bond motifs is 1. The van der Waals surface area contributed by atoms with E-state index < -0.39 is 11.8 Å². The van der Waals surface area contributed by atoms with Gasteiger partial charge in [-0.25, -0.2) is 13.8 Å². The maximum Gasteiger partial charge on any atom is 0.326 e. The van der Waals surface area contributed by atoms with Crippen molar-refractivity contribution in [2.75, 3.05) is 0 Å². The Morgan fingerprint density at radius 2 is 2.14 bits per heavy atom. The molecule has 5 heteroatoms. The summed E-state index contributed by atoms with van der Waals surface area (Å²) >= 11 is 0. The predicted molar refractivity (Wildman–Crippen MR) is 48.5 cm³/mol. The summed E-state index contributed by atoms with van der Waals surface area (Å²) in [7, 11) is 0. The van der Waals surface area contributed by atoms with E-state index >= 15 is 0 Å². The highest BCUT2D eigenvalue weighted by Crippen LogP contribution is 2.24. The molecule has 0 fully saturated rings. The molecule has 3 N–H and O–H groups in total. The third-order valence-corrected chi connectivity index (χ3v) is 1.97. The molecule has 14 heavy (non-hydrogen) atoms. The number of carbonyl (C=O) groups is 1. The number of aromatic nitrogens is 1.